The van der Waals surface area contributed by atoms with Gasteiger partial charge in [0, 0.05) is 37.7 Å². The van der Waals surface area contributed by atoms with Gasteiger partial charge in [-0.1, -0.05) is 48.0 Å². The lowest BCUT2D eigenvalue weighted by Crippen LogP contribution is -2.28. The van der Waals surface area contributed by atoms with Gasteiger partial charge in [-0.05, 0) is 31.0 Å². The molecule has 5 nitrogen and oxygen atoms in total. The van der Waals surface area contributed by atoms with Gasteiger partial charge in [-0.15, -0.1) is 0 Å². The van der Waals surface area contributed by atoms with Crippen molar-refractivity contribution in [3.8, 4) is 0 Å². The summed E-state index contributed by atoms with van der Waals surface area (Å²) in [6, 6.07) is 18.3. The van der Waals surface area contributed by atoms with Gasteiger partial charge in [-0.25, -0.2) is 0 Å². The minimum absolute atomic E-state index is 0.214. The first-order valence-electron chi connectivity index (χ1n) is 9.05. The number of nitrogens with two attached hydrogens (primary N) is 1. The zero-order chi connectivity index (χ0) is 18.4. The van der Waals surface area contributed by atoms with Crippen molar-refractivity contribution in [3.63, 3.8) is 0 Å². The van der Waals surface area contributed by atoms with Crippen LogP contribution in [0.5, 0.6) is 0 Å². The Kier molecular flexibility index (Phi) is 5.89. The molecule has 2 aromatic rings. The molecule has 0 radical (unpaired) electrons. The molecule has 3 rings (SSSR count). The highest BCUT2D eigenvalue weighted by Crippen LogP contribution is 2.18. The predicted octanol–water partition coefficient (Wildman–Crippen LogP) is 2.81. The Hall–Kier alpha value is -2.82. The van der Waals surface area contributed by atoms with Crippen LogP contribution in [-0.4, -0.2) is 36.4 Å². The van der Waals surface area contributed by atoms with E-state index in [0.29, 0.717) is 18.9 Å². The van der Waals surface area contributed by atoms with Gasteiger partial charge in [0.25, 0.3) is 0 Å². The lowest BCUT2D eigenvalue weighted by Gasteiger charge is -2.16. The van der Waals surface area contributed by atoms with Crippen molar-refractivity contribution in [3.05, 3.63) is 65.7 Å². The van der Waals surface area contributed by atoms with Gasteiger partial charge < -0.3 is 16.0 Å². The molecule has 1 heterocycles. The summed E-state index contributed by atoms with van der Waals surface area (Å²) in [6.45, 7) is 4.13. The number of carbonyl (C=O) groups excluding carboxylic acids is 1. The molecule has 0 saturated carbocycles. The molecule has 2 aromatic carbocycles. The van der Waals surface area contributed by atoms with Crippen LogP contribution in [0, 0.1) is 12.8 Å². The third-order valence-corrected chi connectivity index (χ3v) is 4.65. The van der Waals surface area contributed by atoms with Gasteiger partial charge >= 0.3 is 0 Å². The van der Waals surface area contributed by atoms with Crippen LogP contribution in [0.3, 0.4) is 0 Å². The fraction of sp³-hybridized carbons (Fsp3) is 0.333. The molecule has 0 aromatic heterocycles. The number of hydrogen-bond donors (Lipinski definition) is 2. The van der Waals surface area contributed by atoms with Gasteiger partial charge in [-0.2, -0.15) is 0 Å². The topological polar surface area (TPSA) is 70.7 Å². The number of hydrogen-bond acceptors (Lipinski definition) is 2. The predicted molar refractivity (Wildman–Crippen MR) is 106 cm³/mol. The second-order valence-electron chi connectivity index (χ2n) is 6.86. The molecule has 5 heteroatoms. The first-order chi connectivity index (χ1) is 12.6. The normalized spacial score (nSPS) is 17.6. The van der Waals surface area contributed by atoms with E-state index in [1.54, 1.807) is 0 Å². The van der Waals surface area contributed by atoms with E-state index >= 15 is 0 Å². The van der Waals surface area contributed by atoms with E-state index in [9.17, 15) is 4.79 Å². The van der Waals surface area contributed by atoms with Crippen molar-refractivity contribution in [2.45, 2.75) is 19.8 Å². The van der Waals surface area contributed by atoms with Crippen molar-refractivity contribution in [2.75, 3.05) is 25.0 Å². The number of aliphatic imine (C=N–C) groups is 1. The van der Waals surface area contributed by atoms with Crippen molar-refractivity contribution in [1.29, 1.82) is 0 Å². The van der Waals surface area contributed by atoms with Gasteiger partial charge in [0.1, 0.15) is 0 Å². The second-order valence-corrected chi connectivity index (χ2v) is 6.86. The first kappa shape index (κ1) is 18.0. The van der Waals surface area contributed by atoms with Crippen molar-refractivity contribution in [2.24, 2.45) is 16.6 Å². The van der Waals surface area contributed by atoms with Crippen LogP contribution in [0.1, 0.15) is 17.5 Å². The van der Waals surface area contributed by atoms with E-state index < -0.39 is 0 Å². The molecule has 1 saturated heterocycles. The van der Waals surface area contributed by atoms with Crippen LogP contribution in [0.2, 0.25) is 0 Å². The summed E-state index contributed by atoms with van der Waals surface area (Å²) in [5.74, 6) is 0.840. The SMILES string of the molecule is Cc1ccc(NC(N)=NCC2CC(=O)N(CCc3ccccc3)C2)cc1. The average Bonchev–Trinajstić information content (AvgIpc) is 3.01. The molecule has 1 amide bonds. The number of rotatable bonds is 6. The lowest BCUT2D eigenvalue weighted by atomic mass is 10.1. The highest BCUT2D eigenvalue weighted by atomic mass is 16.2. The molecule has 0 spiro atoms. The highest BCUT2D eigenvalue weighted by molar-refractivity contribution is 5.92. The van der Waals surface area contributed by atoms with Crippen LogP contribution in [0.25, 0.3) is 0 Å². The highest BCUT2D eigenvalue weighted by Gasteiger charge is 2.28. The Labute approximate surface area is 154 Å². The standard InChI is InChI=1S/C21H26N4O/c1-16-7-9-19(10-8-16)24-21(22)23-14-18-13-20(26)25(15-18)12-11-17-5-3-2-4-6-17/h2-10,18H,11-15H2,1H3,(H3,22,23,24). The molecule has 0 bridgehead atoms. The third-order valence-electron chi connectivity index (χ3n) is 4.65. The van der Waals surface area contributed by atoms with E-state index in [4.69, 9.17) is 5.73 Å². The summed E-state index contributed by atoms with van der Waals surface area (Å²) in [6.07, 6.45) is 1.44. The minimum atomic E-state index is 0.214. The van der Waals surface area contributed by atoms with Crippen LogP contribution in [0.15, 0.2) is 59.6 Å². The van der Waals surface area contributed by atoms with Crippen molar-refractivity contribution >= 4 is 17.6 Å². The molecule has 1 aliphatic rings. The molecule has 1 fully saturated rings. The average molecular weight is 350 g/mol. The van der Waals surface area contributed by atoms with Gasteiger partial charge in [0.15, 0.2) is 5.96 Å². The molecule has 1 atom stereocenters. The molecule has 26 heavy (non-hydrogen) atoms. The van der Waals surface area contributed by atoms with Crippen molar-refractivity contribution in [1.82, 2.24) is 4.90 Å². The van der Waals surface area contributed by atoms with Crippen LogP contribution in [0.4, 0.5) is 5.69 Å². The summed E-state index contributed by atoms with van der Waals surface area (Å²) in [7, 11) is 0. The number of aryl methyl sites for hydroxylation is 1. The summed E-state index contributed by atoms with van der Waals surface area (Å²) in [5.41, 5.74) is 9.34. The quantitative estimate of drug-likeness (QED) is 0.622. The Morgan fingerprint density at radius 2 is 1.92 bits per heavy atom. The number of amides is 1. The molecule has 3 N–H and O–H groups in total. The maximum Gasteiger partial charge on any atom is 0.223 e. The second kappa shape index (κ2) is 8.52. The number of nitrogens with zero attached hydrogens (tertiary/aromatic N) is 2. The smallest absolute Gasteiger partial charge is 0.223 e. The number of nitrogens with one attached hydrogen (secondary N) is 1. The monoisotopic (exact) mass is 350 g/mol. The zero-order valence-corrected chi connectivity index (χ0v) is 15.2. The number of guanidine groups is 1. The molecule has 1 aliphatic heterocycles. The van der Waals surface area contributed by atoms with E-state index in [2.05, 4.69) is 22.4 Å². The Bertz CT molecular complexity index is 755. The molecule has 0 aliphatic carbocycles. The number of carbonyl (C=O) groups is 1. The van der Waals surface area contributed by atoms with Gasteiger partial charge in [0.05, 0.1) is 0 Å². The third kappa shape index (κ3) is 5.09. The van der Waals surface area contributed by atoms with Crippen LogP contribution in [-0.2, 0) is 11.2 Å². The molecular formula is C21H26N4O. The Morgan fingerprint density at radius 3 is 2.65 bits per heavy atom. The first-order valence-corrected chi connectivity index (χ1v) is 9.05. The maximum absolute atomic E-state index is 12.2. The Balaban J connectivity index is 1.46. The van der Waals surface area contributed by atoms with Crippen LogP contribution < -0.4 is 11.1 Å². The zero-order valence-electron chi connectivity index (χ0n) is 15.2. The van der Waals surface area contributed by atoms with Gasteiger partial charge in [0.2, 0.25) is 5.91 Å². The summed E-state index contributed by atoms with van der Waals surface area (Å²) < 4.78 is 0. The fourth-order valence-corrected chi connectivity index (χ4v) is 3.15. The largest absolute Gasteiger partial charge is 0.370 e. The number of likely N-dealkylation sites (tertiary alicyclic amines) is 1. The summed E-state index contributed by atoms with van der Waals surface area (Å²) >= 11 is 0. The Morgan fingerprint density at radius 1 is 1.19 bits per heavy atom. The van der Waals surface area contributed by atoms with E-state index in [1.807, 2.05) is 54.3 Å². The van der Waals surface area contributed by atoms with E-state index in [-0.39, 0.29) is 11.8 Å². The van der Waals surface area contributed by atoms with Crippen molar-refractivity contribution < 1.29 is 4.79 Å². The number of benzene rings is 2. The molecule has 1 unspecified atom stereocenters. The maximum atomic E-state index is 12.2. The van der Waals surface area contributed by atoms with Gasteiger partial charge in [-0.3, -0.25) is 9.79 Å². The molecule has 136 valence electrons. The lowest BCUT2D eigenvalue weighted by molar-refractivity contribution is -0.127. The molecular weight excluding hydrogens is 324 g/mol. The fourth-order valence-electron chi connectivity index (χ4n) is 3.15. The van der Waals surface area contributed by atoms with E-state index in [0.717, 1.165) is 25.2 Å². The summed E-state index contributed by atoms with van der Waals surface area (Å²) in [5, 5.41) is 3.09. The number of anilines is 1. The van der Waals surface area contributed by atoms with E-state index in [1.165, 1.54) is 11.1 Å². The minimum Gasteiger partial charge on any atom is -0.370 e. The van der Waals surface area contributed by atoms with Crippen LogP contribution >= 0.6 is 0 Å². The summed E-state index contributed by atoms with van der Waals surface area (Å²) in [4.78, 5) is 18.6.